The number of nitro groups is 1. The molecule has 1 aliphatic rings. The molecule has 0 bridgehead atoms. The standard InChI is InChI=1S/C20H20N2O5/c1-2-17(15-6-9-18-19(13-15)27-12-11-26-18)21-20(23)10-5-14-3-7-16(8-4-14)22(24)25/h3-10,13,17H,2,11-12H2,1H3,(H,21,23)/b10-5+. The molecule has 1 amide bonds. The van der Waals surface area contributed by atoms with Crippen LogP contribution < -0.4 is 14.8 Å². The van der Waals surface area contributed by atoms with Crippen molar-refractivity contribution in [2.45, 2.75) is 19.4 Å². The number of nitrogens with one attached hydrogen (secondary N) is 1. The molecule has 0 aliphatic carbocycles. The molecule has 27 heavy (non-hydrogen) atoms. The first-order valence-electron chi connectivity index (χ1n) is 8.69. The van der Waals surface area contributed by atoms with Crippen LogP contribution in [0, 0.1) is 10.1 Å². The summed E-state index contributed by atoms with van der Waals surface area (Å²) in [6.45, 7) is 3.03. The Morgan fingerprint density at radius 2 is 1.89 bits per heavy atom. The molecule has 140 valence electrons. The Kier molecular flexibility index (Phi) is 5.71. The van der Waals surface area contributed by atoms with Crippen LogP contribution in [0.2, 0.25) is 0 Å². The normalized spacial score (nSPS) is 14.0. The van der Waals surface area contributed by atoms with E-state index in [1.54, 1.807) is 18.2 Å². The summed E-state index contributed by atoms with van der Waals surface area (Å²) in [5.41, 5.74) is 1.67. The zero-order valence-electron chi connectivity index (χ0n) is 14.9. The largest absolute Gasteiger partial charge is 0.486 e. The first-order valence-corrected chi connectivity index (χ1v) is 8.69. The van der Waals surface area contributed by atoms with Crippen LogP contribution in [0.25, 0.3) is 6.08 Å². The number of amides is 1. The SMILES string of the molecule is CCC(NC(=O)/C=C/c1ccc([N+](=O)[O-])cc1)c1ccc2c(c1)OCCO2. The number of nitrogens with zero attached hydrogens (tertiary/aromatic N) is 1. The second-order valence-electron chi connectivity index (χ2n) is 6.05. The highest BCUT2D eigenvalue weighted by Gasteiger charge is 2.17. The molecule has 1 unspecified atom stereocenters. The molecule has 0 saturated carbocycles. The van der Waals surface area contributed by atoms with E-state index in [1.165, 1.54) is 18.2 Å². The van der Waals surface area contributed by atoms with E-state index in [-0.39, 0.29) is 17.6 Å². The lowest BCUT2D eigenvalue weighted by atomic mass is 10.0. The van der Waals surface area contributed by atoms with Crippen LogP contribution in [0.15, 0.2) is 48.5 Å². The minimum Gasteiger partial charge on any atom is -0.486 e. The lowest BCUT2D eigenvalue weighted by Gasteiger charge is -2.22. The zero-order chi connectivity index (χ0) is 19.2. The second-order valence-corrected chi connectivity index (χ2v) is 6.05. The molecule has 7 nitrogen and oxygen atoms in total. The van der Waals surface area contributed by atoms with Gasteiger partial charge in [-0.05, 0) is 47.9 Å². The summed E-state index contributed by atoms with van der Waals surface area (Å²) in [6.07, 6.45) is 3.76. The van der Waals surface area contributed by atoms with Crippen molar-refractivity contribution in [3.63, 3.8) is 0 Å². The summed E-state index contributed by atoms with van der Waals surface area (Å²) in [6, 6.07) is 11.5. The number of hydrogen-bond acceptors (Lipinski definition) is 5. The summed E-state index contributed by atoms with van der Waals surface area (Å²) in [7, 11) is 0. The third kappa shape index (κ3) is 4.63. The van der Waals surface area contributed by atoms with Gasteiger partial charge in [-0.3, -0.25) is 14.9 Å². The Bertz CT molecular complexity index is 861. The predicted octanol–water partition coefficient (Wildman–Crippen LogP) is 3.65. The average Bonchev–Trinajstić information content (AvgIpc) is 2.70. The lowest BCUT2D eigenvalue weighted by molar-refractivity contribution is -0.384. The molecule has 0 spiro atoms. The minimum absolute atomic E-state index is 0.0151. The third-order valence-corrected chi connectivity index (χ3v) is 4.22. The van der Waals surface area contributed by atoms with Gasteiger partial charge in [0.15, 0.2) is 11.5 Å². The van der Waals surface area contributed by atoms with E-state index in [4.69, 9.17) is 9.47 Å². The molecule has 0 aromatic heterocycles. The van der Waals surface area contributed by atoms with Crippen LogP contribution in [-0.2, 0) is 4.79 Å². The van der Waals surface area contributed by atoms with Gasteiger partial charge in [0.05, 0.1) is 11.0 Å². The van der Waals surface area contributed by atoms with Crippen molar-refractivity contribution in [1.29, 1.82) is 0 Å². The monoisotopic (exact) mass is 368 g/mol. The molecule has 2 aromatic rings. The average molecular weight is 368 g/mol. The summed E-state index contributed by atoms with van der Waals surface area (Å²) in [5.74, 6) is 1.16. The molecular formula is C20H20N2O5. The molecule has 1 aliphatic heterocycles. The van der Waals surface area contributed by atoms with Gasteiger partial charge < -0.3 is 14.8 Å². The van der Waals surface area contributed by atoms with Crippen molar-refractivity contribution >= 4 is 17.7 Å². The molecule has 1 N–H and O–H groups in total. The fraction of sp³-hybridized carbons (Fsp3) is 0.250. The number of nitro benzene ring substituents is 1. The highest BCUT2D eigenvalue weighted by atomic mass is 16.6. The summed E-state index contributed by atoms with van der Waals surface area (Å²) in [4.78, 5) is 22.5. The van der Waals surface area contributed by atoms with Crippen LogP contribution in [0.5, 0.6) is 11.5 Å². The topological polar surface area (TPSA) is 90.7 Å². The minimum atomic E-state index is -0.459. The van der Waals surface area contributed by atoms with E-state index in [9.17, 15) is 14.9 Å². The van der Waals surface area contributed by atoms with E-state index in [2.05, 4.69) is 5.32 Å². The van der Waals surface area contributed by atoms with Crippen LogP contribution in [0.3, 0.4) is 0 Å². The molecule has 0 radical (unpaired) electrons. The number of carbonyl (C=O) groups is 1. The van der Waals surface area contributed by atoms with Crippen molar-refractivity contribution < 1.29 is 19.2 Å². The number of benzene rings is 2. The van der Waals surface area contributed by atoms with Gasteiger partial charge in [0.2, 0.25) is 5.91 Å². The van der Waals surface area contributed by atoms with E-state index >= 15 is 0 Å². The Morgan fingerprint density at radius 3 is 2.56 bits per heavy atom. The van der Waals surface area contributed by atoms with Gasteiger partial charge in [0.25, 0.3) is 5.69 Å². The fourth-order valence-corrected chi connectivity index (χ4v) is 2.80. The van der Waals surface area contributed by atoms with Gasteiger partial charge in [0, 0.05) is 18.2 Å². The number of fused-ring (bicyclic) bond motifs is 1. The fourth-order valence-electron chi connectivity index (χ4n) is 2.80. The Morgan fingerprint density at radius 1 is 1.19 bits per heavy atom. The van der Waals surface area contributed by atoms with Gasteiger partial charge in [-0.25, -0.2) is 0 Å². The summed E-state index contributed by atoms with van der Waals surface area (Å²) >= 11 is 0. The highest BCUT2D eigenvalue weighted by molar-refractivity contribution is 5.92. The molecule has 2 aromatic carbocycles. The molecule has 1 heterocycles. The summed E-state index contributed by atoms with van der Waals surface area (Å²) < 4.78 is 11.1. The Labute approximate surface area is 156 Å². The maximum absolute atomic E-state index is 12.3. The van der Waals surface area contributed by atoms with Gasteiger partial charge in [-0.1, -0.05) is 13.0 Å². The van der Waals surface area contributed by atoms with E-state index in [0.717, 1.165) is 12.0 Å². The number of hydrogen-bond donors (Lipinski definition) is 1. The number of non-ortho nitro benzene ring substituents is 1. The van der Waals surface area contributed by atoms with E-state index in [1.807, 2.05) is 25.1 Å². The first-order chi connectivity index (χ1) is 13.1. The van der Waals surface area contributed by atoms with Crippen molar-refractivity contribution in [3.05, 3.63) is 69.8 Å². The van der Waals surface area contributed by atoms with Crippen molar-refractivity contribution in [1.82, 2.24) is 5.32 Å². The molecule has 0 fully saturated rings. The third-order valence-electron chi connectivity index (χ3n) is 4.22. The molecule has 0 saturated heterocycles. The quantitative estimate of drug-likeness (QED) is 0.477. The van der Waals surface area contributed by atoms with E-state index < -0.39 is 4.92 Å². The molecule has 1 atom stereocenters. The van der Waals surface area contributed by atoms with Gasteiger partial charge in [-0.2, -0.15) is 0 Å². The highest BCUT2D eigenvalue weighted by Crippen LogP contribution is 2.33. The second kappa shape index (κ2) is 8.35. The van der Waals surface area contributed by atoms with Gasteiger partial charge in [-0.15, -0.1) is 0 Å². The first kappa shape index (κ1) is 18.4. The van der Waals surface area contributed by atoms with Gasteiger partial charge >= 0.3 is 0 Å². The Hall–Kier alpha value is -3.35. The van der Waals surface area contributed by atoms with Crippen LogP contribution in [0.4, 0.5) is 5.69 Å². The number of ether oxygens (including phenoxy) is 2. The maximum Gasteiger partial charge on any atom is 0.269 e. The zero-order valence-corrected chi connectivity index (χ0v) is 14.9. The van der Waals surface area contributed by atoms with Crippen LogP contribution in [0.1, 0.15) is 30.5 Å². The Balaban J connectivity index is 1.65. The lowest BCUT2D eigenvalue weighted by Crippen LogP contribution is -2.26. The molecular weight excluding hydrogens is 348 g/mol. The van der Waals surface area contributed by atoms with Crippen LogP contribution in [-0.4, -0.2) is 24.0 Å². The van der Waals surface area contributed by atoms with Crippen molar-refractivity contribution in [2.24, 2.45) is 0 Å². The maximum atomic E-state index is 12.3. The predicted molar refractivity (Wildman–Crippen MR) is 101 cm³/mol. The number of rotatable bonds is 6. The summed E-state index contributed by atoms with van der Waals surface area (Å²) in [5, 5.41) is 13.6. The van der Waals surface area contributed by atoms with Crippen LogP contribution >= 0.6 is 0 Å². The molecule has 3 rings (SSSR count). The number of carbonyl (C=O) groups excluding carboxylic acids is 1. The van der Waals surface area contributed by atoms with Gasteiger partial charge in [0.1, 0.15) is 13.2 Å². The van der Waals surface area contributed by atoms with Crippen molar-refractivity contribution in [2.75, 3.05) is 13.2 Å². The van der Waals surface area contributed by atoms with Crippen molar-refractivity contribution in [3.8, 4) is 11.5 Å². The molecule has 7 heteroatoms. The van der Waals surface area contributed by atoms with E-state index in [0.29, 0.717) is 30.3 Å². The smallest absolute Gasteiger partial charge is 0.269 e.